The van der Waals surface area contributed by atoms with Crippen molar-refractivity contribution in [2.45, 2.75) is 32.1 Å². The molecule has 6 heteroatoms. The van der Waals surface area contributed by atoms with E-state index in [0.29, 0.717) is 13.0 Å². The van der Waals surface area contributed by atoms with Crippen LogP contribution in [0.2, 0.25) is 0 Å². The first-order valence-corrected chi connectivity index (χ1v) is 7.90. The molecule has 6 nitrogen and oxygen atoms in total. The van der Waals surface area contributed by atoms with Crippen LogP contribution in [0.1, 0.15) is 30.5 Å². The van der Waals surface area contributed by atoms with E-state index in [4.69, 9.17) is 0 Å². The highest BCUT2D eigenvalue weighted by atomic mass is 16.2. The van der Waals surface area contributed by atoms with Crippen molar-refractivity contribution in [1.82, 2.24) is 20.2 Å². The lowest BCUT2D eigenvalue weighted by molar-refractivity contribution is -0.129. The van der Waals surface area contributed by atoms with Gasteiger partial charge in [-0.3, -0.25) is 4.79 Å². The maximum atomic E-state index is 12.0. The number of anilines is 1. The minimum atomic E-state index is 0.252. The zero-order valence-corrected chi connectivity index (χ0v) is 12.4. The number of carbonyl (C=O) groups is 1. The Morgan fingerprint density at radius 1 is 1.24 bits per heavy atom. The third-order valence-corrected chi connectivity index (χ3v) is 4.22. The van der Waals surface area contributed by atoms with Crippen LogP contribution in [-0.4, -0.2) is 53.5 Å². The molecule has 3 rings (SSSR count). The second kappa shape index (κ2) is 6.85. The summed E-state index contributed by atoms with van der Waals surface area (Å²) in [6.07, 6.45) is 6.33. The predicted molar refractivity (Wildman–Crippen MR) is 81.2 cm³/mol. The van der Waals surface area contributed by atoms with Crippen molar-refractivity contribution < 1.29 is 4.79 Å². The highest BCUT2D eigenvalue weighted by Gasteiger charge is 2.18. The number of aromatic nitrogens is 2. The van der Waals surface area contributed by atoms with Gasteiger partial charge in [0.05, 0.1) is 5.69 Å². The molecule has 3 heterocycles. The van der Waals surface area contributed by atoms with E-state index < -0.39 is 0 Å². The van der Waals surface area contributed by atoms with Crippen LogP contribution in [0.4, 0.5) is 5.82 Å². The molecule has 1 amide bonds. The molecule has 114 valence electrons. The fourth-order valence-corrected chi connectivity index (χ4v) is 3.04. The number of rotatable bonds is 4. The molecular formula is C15H23N5O. The van der Waals surface area contributed by atoms with Crippen LogP contribution in [0.25, 0.3) is 0 Å². The second-order valence-corrected chi connectivity index (χ2v) is 5.66. The first-order chi connectivity index (χ1) is 10.3. The number of fused-ring (bicyclic) bond motifs is 1. The van der Waals surface area contributed by atoms with Crippen LogP contribution in [-0.2, 0) is 17.6 Å². The lowest BCUT2D eigenvalue weighted by Gasteiger charge is -2.16. The molecule has 1 saturated heterocycles. The number of nitrogens with zero attached hydrogens (tertiary/aromatic N) is 3. The number of hydrogen-bond acceptors (Lipinski definition) is 5. The first kappa shape index (κ1) is 14.3. The molecule has 1 aromatic rings. The smallest absolute Gasteiger partial charge is 0.224 e. The van der Waals surface area contributed by atoms with Gasteiger partial charge in [-0.25, -0.2) is 9.97 Å². The highest BCUT2D eigenvalue weighted by Crippen LogP contribution is 2.18. The second-order valence-electron chi connectivity index (χ2n) is 5.66. The van der Waals surface area contributed by atoms with E-state index in [1.54, 1.807) is 6.33 Å². The Morgan fingerprint density at radius 3 is 2.90 bits per heavy atom. The fraction of sp³-hybridized carbons (Fsp3) is 0.667. The van der Waals surface area contributed by atoms with Gasteiger partial charge in [-0.15, -0.1) is 0 Å². The van der Waals surface area contributed by atoms with E-state index in [1.165, 1.54) is 5.56 Å². The van der Waals surface area contributed by atoms with Gasteiger partial charge < -0.3 is 15.5 Å². The molecular weight excluding hydrogens is 266 g/mol. The monoisotopic (exact) mass is 289 g/mol. The molecule has 21 heavy (non-hydrogen) atoms. The zero-order valence-electron chi connectivity index (χ0n) is 12.4. The number of hydrogen-bond donors (Lipinski definition) is 2. The summed E-state index contributed by atoms with van der Waals surface area (Å²) in [6.45, 7) is 4.42. The zero-order chi connectivity index (χ0) is 14.5. The largest absolute Gasteiger partial charge is 0.369 e. The normalized spacial score (nSPS) is 18.2. The van der Waals surface area contributed by atoms with E-state index >= 15 is 0 Å². The number of carbonyl (C=O) groups excluding carboxylic acids is 1. The van der Waals surface area contributed by atoms with Crippen LogP contribution in [0, 0.1) is 0 Å². The van der Waals surface area contributed by atoms with Crippen LogP contribution in [0.15, 0.2) is 6.33 Å². The number of amides is 1. The van der Waals surface area contributed by atoms with Crippen LogP contribution < -0.4 is 10.6 Å². The Morgan fingerprint density at radius 2 is 2.05 bits per heavy atom. The molecule has 2 aliphatic rings. The minimum absolute atomic E-state index is 0.252. The molecule has 0 aliphatic carbocycles. The quantitative estimate of drug-likeness (QED) is 0.849. The lowest BCUT2D eigenvalue weighted by atomic mass is 10.1. The number of likely N-dealkylation sites (tertiary alicyclic amines) is 1. The molecule has 0 atom stereocenters. The van der Waals surface area contributed by atoms with Gasteiger partial charge in [-0.05, 0) is 25.8 Å². The average molecular weight is 289 g/mol. The molecule has 0 saturated carbocycles. The highest BCUT2D eigenvalue weighted by molar-refractivity contribution is 5.77. The number of nitrogens with one attached hydrogen (secondary N) is 2. The summed E-state index contributed by atoms with van der Waals surface area (Å²) in [7, 11) is 0. The first-order valence-electron chi connectivity index (χ1n) is 7.90. The summed E-state index contributed by atoms with van der Waals surface area (Å²) < 4.78 is 0. The van der Waals surface area contributed by atoms with Gasteiger partial charge in [0.15, 0.2) is 0 Å². The van der Waals surface area contributed by atoms with E-state index in [0.717, 1.165) is 63.4 Å². The minimum Gasteiger partial charge on any atom is -0.369 e. The van der Waals surface area contributed by atoms with Crippen molar-refractivity contribution in [3.63, 3.8) is 0 Å². The molecule has 1 aromatic heterocycles. The molecule has 2 N–H and O–H groups in total. The Bertz CT molecular complexity index is 499. The van der Waals surface area contributed by atoms with Crippen molar-refractivity contribution in [3.05, 3.63) is 17.6 Å². The molecule has 1 fully saturated rings. The fourth-order valence-electron chi connectivity index (χ4n) is 3.04. The third-order valence-electron chi connectivity index (χ3n) is 4.22. The van der Waals surface area contributed by atoms with Gasteiger partial charge in [0.1, 0.15) is 12.1 Å². The van der Waals surface area contributed by atoms with Gasteiger partial charge in [-0.1, -0.05) is 0 Å². The van der Waals surface area contributed by atoms with Crippen molar-refractivity contribution in [1.29, 1.82) is 0 Å². The Hall–Kier alpha value is -1.69. The van der Waals surface area contributed by atoms with Gasteiger partial charge in [0, 0.05) is 44.6 Å². The summed E-state index contributed by atoms with van der Waals surface area (Å²) in [4.78, 5) is 22.7. The van der Waals surface area contributed by atoms with Crippen molar-refractivity contribution in [3.8, 4) is 0 Å². The predicted octanol–water partition coefficient (Wildman–Crippen LogP) is 0.589. The summed E-state index contributed by atoms with van der Waals surface area (Å²) >= 11 is 0. The van der Waals surface area contributed by atoms with Crippen molar-refractivity contribution in [2.24, 2.45) is 0 Å². The maximum Gasteiger partial charge on any atom is 0.224 e. The molecule has 0 bridgehead atoms. The maximum absolute atomic E-state index is 12.0. The molecule has 0 unspecified atom stereocenters. The molecule has 2 aliphatic heterocycles. The van der Waals surface area contributed by atoms with Gasteiger partial charge >= 0.3 is 0 Å². The van der Waals surface area contributed by atoms with Crippen molar-refractivity contribution >= 4 is 11.7 Å². The van der Waals surface area contributed by atoms with Gasteiger partial charge in [0.2, 0.25) is 5.91 Å². The Labute approximate surface area is 125 Å². The van der Waals surface area contributed by atoms with E-state index in [2.05, 4.69) is 20.6 Å². The van der Waals surface area contributed by atoms with E-state index in [1.807, 2.05) is 4.90 Å². The van der Waals surface area contributed by atoms with E-state index in [9.17, 15) is 4.79 Å². The van der Waals surface area contributed by atoms with Crippen LogP contribution in [0.5, 0.6) is 0 Å². The van der Waals surface area contributed by atoms with Crippen molar-refractivity contribution in [2.75, 3.05) is 38.0 Å². The summed E-state index contributed by atoms with van der Waals surface area (Å²) in [6, 6.07) is 0. The van der Waals surface area contributed by atoms with Gasteiger partial charge in [-0.2, -0.15) is 0 Å². The average Bonchev–Trinajstić information content (AvgIpc) is 2.93. The molecule has 0 spiro atoms. The topological polar surface area (TPSA) is 70.1 Å². The van der Waals surface area contributed by atoms with Crippen LogP contribution >= 0.6 is 0 Å². The van der Waals surface area contributed by atoms with Crippen LogP contribution in [0.3, 0.4) is 0 Å². The Kier molecular flexibility index (Phi) is 4.65. The SMILES string of the molecule is O=C(CCNc1ncnc2c1CCNCC2)N1CCCC1. The summed E-state index contributed by atoms with van der Waals surface area (Å²) in [5.74, 6) is 1.15. The lowest BCUT2D eigenvalue weighted by Crippen LogP contribution is -2.29. The standard InChI is InChI=1S/C15H23N5O/c21-14(20-9-1-2-10-20)5-8-17-15-12-3-6-16-7-4-13(12)18-11-19-15/h11,16H,1-10H2,(H,17,18,19). The third kappa shape index (κ3) is 3.50. The Balaban J connectivity index is 1.56. The van der Waals surface area contributed by atoms with E-state index in [-0.39, 0.29) is 5.91 Å². The molecule has 0 aromatic carbocycles. The molecule has 0 radical (unpaired) electrons. The summed E-state index contributed by atoms with van der Waals surface area (Å²) in [5, 5.41) is 6.71. The summed E-state index contributed by atoms with van der Waals surface area (Å²) in [5.41, 5.74) is 2.33. The van der Waals surface area contributed by atoms with Gasteiger partial charge in [0.25, 0.3) is 0 Å².